The molecule has 16 heavy (non-hydrogen) atoms. The van der Waals surface area contributed by atoms with Crippen molar-refractivity contribution in [1.29, 1.82) is 0 Å². The Bertz CT molecular complexity index is 502. The average Bonchev–Trinajstić information content (AvgIpc) is 2.73. The van der Waals surface area contributed by atoms with Gasteiger partial charge in [0.25, 0.3) is 0 Å². The zero-order valence-corrected chi connectivity index (χ0v) is 9.16. The van der Waals surface area contributed by atoms with Gasteiger partial charge in [-0.25, -0.2) is 9.97 Å². The maximum Gasteiger partial charge on any atom is 0.178 e. The quantitative estimate of drug-likeness (QED) is 0.747. The number of hydrogen-bond donors (Lipinski definition) is 2. The summed E-state index contributed by atoms with van der Waals surface area (Å²) in [4.78, 5) is 12.1. The summed E-state index contributed by atoms with van der Waals surface area (Å²) in [6.07, 6.45) is 0. The molecule has 1 unspecified atom stereocenters. The predicted octanol–water partition coefficient (Wildman–Crippen LogP) is 0.927. The second-order valence-electron chi connectivity index (χ2n) is 4.03. The van der Waals surface area contributed by atoms with Crippen molar-refractivity contribution in [2.24, 2.45) is 0 Å². The maximum atomic E-state index is 5.41. The molecule has 0 spiro atoms. The largest absolute Gasteiger partial charge is 0.378 e. The monoisotopic (exact) mass is 218 g/mol. The summed E-state index contributed by atoms with van der Waals surface area (Å²) in [7, 11) is 0. The first-order valence-corrected chi connectivity index (χ1v) is 5.47. The van der Waals surface area contributed by atoms with Crippen LogP contribution >= 0.6 is 0 Å². The summed E-state index contributed by atoms with van der Waals surface area (Å²) >= 11 is 0. The van der Waals surface area contributed by atoms with Crippen LogP contribution in [0, 0.1) is 6.92 Å². The Labute approximate surface area is 93.2 Å². The van der Waals surface area contributed by atoms with Gasteiger partial charge in [-0.15, -0.1) is 0 Å². The third-order valence-electron chi connectivity index (χ3n) is 2.76. The number of rotatable bonds is 1. The summed E-state index contributed by atoms with van der Waals surface area (Å²) in [5.74, 6) is 0.910. The molecule has 1 atom stereocenters. The van der Waals surface area contributed by atoms with Crippen LogP contribution in [0.2, 0.25) is 0 Å². The van der Waals surface area contributed by atoms with Gasteiger partial charge in [0, 0.05) is 12.2 Å². The highest BCUT2D eigenvalue weighted by Crippen LogP contribution is 2.16. The maximum absolute atomic E-state index is 5.41. The molecule has 5 heteroatoms. The summed E-state index contributed by atoms with van der Waals surface area (Å²) in [6.45, 7) is 4.27. The Balaban J connectivity index is 1.97. The van der Waals surface area contributed by atoms with Crippen LogP contribution in [0.5, 0.6) is 0 Å². The molecule has 0 amide bonds. The molecule has 84 valence electrons. The van der Waals surface area contributed by atoms with Crippen LogP contribution in [0.25, 0.3) is 11.2 Å². The molecule has 1 saturated heterocycles. The molecule has 1 aliphatic rings. The number of aromatic amines is 1. The van der Waals surface area contributed by atoms with Crippen LogP contribution < -0.4 is 5.32 Å². The lowest BCUT2D eigenvalue weighted by Crippen LogP contribution is -2.35. The number of aryl methyl sites for hydroxylation is 1. The third-order valence-corrected chi connectivity index (χ3v) is 2.76. The molecule has 0 radical (unpaired) electrons. The van der Waals surface area contributed by atoms with E-state index < -0.39 is 0 Å². The molecule has 3 rings (SSSR count). The second-order valence-corrected chi connectivity index (χ2v) is 4.03. The van der Waals surface area contributed by atoms with E-state index in [1.807, 2.05) is 19.1 Å². The fourth-order valence-corrected chi connectivity index (χ4v) is 1.91. The Morgan fingerprint density at radius 3 is 3.12 bits per heavy atom. The van der Waals surface area contributed by atoms with E-state index in [0.29, 0.717) is 6.61 Å². The molecule has 0 saturated carbocycles. The molecule has 1 aliphatic heterocycles. The average molecular weight is 218 g/mol. The highest BCUT2D eigenvalue weighted by atomic mass is 16.5. The van der Waals surface area contributed by atoms with Gasteiger partial charge in [-0.1, -0.05) is 0 Å². The summed E-state index contributed by atoms with van der Waals surface area (Å²) in [6, 6.07) is 4.15. The lowest BCUT2D eigenvalue weighted by Gasteiger charge is -2.21. The molecule has 0 aromatic carbocycles. The van der Waals surface area contributed by atoms with Gasteiger partial charge in [0.15, 0.2) is 5.65 Å². The van der Waals surface area contributed by atoms with E-state index in [1.54, 1.807) is 0 Å². The molecular formula is C11H14N4O. The number of fused-ring (bicyclic) bond motifs is 1. The SMILES string of the molecule is Cc1ccc2[nH]c(C3COCCN3)nc2n1. The van der Waals surface area contributed by atoms with Crippen molar-refractivity contribution in [2.45, 2.75) is 13.0 Å². The van der Waals surface area contributed by atoms with E-state index >= 15 is 0 Å². The number of ether oxygens (including phenoxy) is 1. The minimum absolute atomic E-state index is 0.156. The minimum atomic E-state index is 0.156. The van der Waals surface area contributed by atoms with E-state index in [1.165, 1.54) is 0 Å². The first-order chi connectivity index (χ1) is 7.83. The number of nitrogens with zero attached hydrogens (tertiary/aromatic N) is 2. The van der Waals surface area contributed by atoms with Gasteiger partial charge in [-0.2, -0.15) is 0 Å². The standard InChI is InChI=1S/C11H14N4O/c1-7-2-3-8-10(13-7)15-11(14-8)9-6-16-5-4-12-9/h2-3,9,12H,4-6H2,1H3,(H,13,14,15). The molecule has 0 bridgehead atoms. The number of pyridine rings is 1. The first-order valence-electron chi connectivity index (χ1n) is 5.47. The fraction of sp³-hybridized carbons (Fsp3) is 0.455. The lowest BCUT2D eigenvalue weighted by atomic mass is 10.3. The first kappa shape index (κ1) is 9.74. The smallest absolute Gasteiger partial charge is 0.178 e. The third kappa shape index (κ3) is 1.68. The molecule has 2 aromatic rings. The van der Waals surface area contributed by atoms with Crippen molar-refractivity contribution in [3.63, 3.8) is 0 Å². The van der Waals surface area contributed by atoms with Gasteiger partial charge in [0.1, 0.15) is 5.82 Å². The van der Waals surface area contributed by atoms with E-state index in [2.05, 4.69) is 20.3 Å². The van der Waals surface area contributed by atoms with Gasteiger partial charge >= 0.3 is 0 Å². The van der Waals surface area contributed by atoms with Crippen molar-refractivity contribution in [1.82, 2.24) is 20.3 Å². The highest BCUT2D eigenvalue weighted by Gasteiger charge is 2.18. The van der Waals surface area contributed by atoms with Crippen LogP contribution in [0.15, 0.2) is 12.1 Å². The normalized spacial score (nSPS) is 21.4. The van der Waals surface area contributed by atoms with Crippen LogP contribution in [0.4, 0.5) is 0 Å². The second kappa shape index (κ2) is 3.84. The van der Waals surface area contributed by atoms with Crippen LogP contribution in [0.1, 0.15) is 17.6 Å². The Morgan fingerprint density at radius 1 is 1.38 bits per heavy atom. The molecule has 1 fully saturated rings. The summed E-state index contributed by atoms with van der Waals surface area (Å²) in [5.41, 5.74) is 2.74. The van der Waals surface area contributed by atoms with Crippen LogP contribution in [-0.4, -0.2) is 34.7 Å². The van der Waals surface area contributed by atoms with Crippen LogP contribution in [-0.2, 0) is 4.74 Å². The Hall–Kier alpha value is -1.46. The fourth-order valence-electron chi connectivity index (χ4n) is 1.91. The van der Waals surface area contributed by atoms with Crippen molar-refractivity contribution >= 4 is 11.2 Å². The number of H-pyrrole nitrogens is 1. The van der Waals surface area contributed by atoms with Gasteiger partial charge in [-0.3, -0.25) is 0 Å². The van der Waals surface area contributed by atoms with E-state index in [-0.39, 0.29) is 6.04 Å². The van der Waals surface area contributed by atoms with Crippen molar-refractivity contribution in [2.75, 3.05) is 19.8 Å². The van der Waals surface area contributed by atoms with Gasteiger partial charge in [-0.05, 0) is 19.1 Å². The number of nitrogens with one attached hydrogen (secondary N) is 2. The van der Waals surface area contributed by atoms with E-state index in [9.17, 15) is 0 Å². The molecular weight excluding hydrogens is 204 g/mol. The number of aromatic nitrogens is 3. The zero-order valence-electron chi connectivity index (χ0n) is 9.16. The summed E-state index contributed by atoms with van der Waals surface area (Å²) in [5, 5.41) is 3.36. The van der Waals surface area contributed by atoms with Crippen molar-refractivity contribution in [3.8, 4) is 0 Å². The van der Waals surface area contributed by atoms with Crippen molar-refractivity contribution in [3.05, 3.63) is 23.7 Å². The van der Waals surface area contributed by atoms with E-state index in [4.69, 9.17) is 4.74 Å². The number of imidazole rings is 1. The van der Waals surface area contributed by atoms with Gasteiger partial charge in [0.2, 0.25) is 0 Å². The highest BCUT2D eigenvalue weighted by molar-refractivity contribution is 5.70. The van der Waals surface area contributed by atoms with E-state index in [0.717, 1.165) is 35.8 Å². The predicted molar refractivity (Wildman–Crippen MR) is 60.2 cm³/mol. The molecule has 2 aromatic heterocycles. The summed E-state index contributed by atoms with van der Waals surface area (Å²) < 4.78 is 5.41. The van der Waals surface area contributed by atoms with Crippen LogP contribution in [0.3, 0.4) is 0 Å². The Morgan fingerprint density at radius 2 is 2.31 bits per heavy atom. The zero-order chi connectivity index (χ0) is 11.0. The molecule has 0 aliphatic carbocycles. The minimum Gasteiger partial charge on any atom is -0.378 e. The van der Waals surface area contributed by atoms with Crippen molar-refractivity contribution < 1.29 is 4.74 Å². The number of morpholine rings is 1. The van der Waals surface area contributed by atoms with Gasteiger partial charge < -0.3 is 15.0 Å². The topological polar surface area (TPSA) is 62.8 Å². The lowest BCUT2D eigenvalue weighted by molar-refractivity contribution is 0.0746. The van der Waals surface area contributed by atoms with Gasteiger partial charge in [0.05, 0.1) is 24.8 Å². The molecule has 3 heterocycles. The molecule has 2 N–H and O–H groups in total. The number of hydrogen-bond acceptors (Lipinski definition) is 4. The molecule has 5 nitrogen and oxygen atoms in total. The Kier molecular flexibility index (Phi) is 2.34.